The van der Waals surface area contributed by atoms with Gasteiger partial charge in [0.25, 0.3) is 0 Å². The lowest BCUT2D eigenvalue weighted by Gasteiger charge is -2.02. The van der Waals surface area contributed by atoms with E-state index in [9.17, 15) is 4.79 Å². The summed E-state index contributed by atoms with van der Waals surface area (Å²) in [5.74, 6) is 0.431. The van der Waals surface area contributed by atoms with Crippen molar-refractivity contribution in [2.45, 2.75) is 32.7 Å². The summed E-state index contributed by atoms with van der Waals surface area (Å²) in [4.78, 5) is 11.3. The molecule has 0 aliphatic heterocycles. The molecule has 1 saturated carbocycles. The molecular weight excluding hydrogens is 182 g/mol. The van der Waals surface area contributed by atoms with Crippen molar-refractivity contribution in [1.29, 1.82) is 0 Å². The third-order valence-electron chi connectivity index (χ3n) is 2.30. The lowest BCUT2D eigenvalue weighted by molar-refractivity contribution is 0.250. The smallest absolute Gasteiger partial charge is 0.321 e. The van der Waals surface area contributed by atoms with E-state index >= 15 is 0 Å². The summed E-state index contributed by atoms with van der Waals surface area (Å²) >= 11 is 0. The molecule has 1 aromatic rings. The van der Waals surface area contributed by atoms with Crippen molar-refractivity contribution in [1.82, 2.24) is 10.5 Å². The molecule has 0 saturated heterocycles. The summed E-state index contributed by atoms with van der Waals surface area (Å²) in [5, 5.41) is 9.17. The Labute approximate surface area is 81.8 Å². The van der Waals surface area contributed by atoms with Crippen LogP contribution in [0.15, 0.2) is 4.52 Å². The van der Waals surface area contributed by atoms with Crippen LogP contribution >= 0.6 is 0 Å². The number of hydrogen-bond donors (Lipinski definition) is 2. The normalized spacial score (nSPS) is 15.3. The quantitative estimate of drug-likeness (QED) is 0.752. The van der Waals surface area contributed by atoms with Crippen molar-refractivity contribution in [3.05, 3.63) is 11.3 Å². The molecule has 1 fully saturated rings. The zero-order valence-corrected chi connectivity index (χ0v) is 8.26. The molecular formula is C9H13N3O2. The molecule has 2 N–H and O–H groups in total. The van der Waals surface area contributed by atoms with E-state index in [-0.39, 0.29) is 6.03 Å². The van der Waals surface area contributed by atoms with Crippen LogP contribution in [0.5, 0.6) is 0 Å². The molecule has 0 bridgehead atoms. The van der Waals surface area contributed by atoms with Crippen molar-refractivity contribution in [3.63, 3.8) is 0 Å². The standard InChI is InChI=1S/C9H13N3O2/c1-5-6(2)12-14-8(5)11-9(13)10-7-3-4-7/h7H,3-4H2,1-2H3,(H2,10,11,13). The Morgan fingerprint density at radius 3 is 2.71 bits per heavy atom. The van der Waals surface area contributed by atoms with Crippen LogP contribution in [0.4, 0.5) is 10.7 Å². The Balaban J connectivity index is 1.95. The fourth-order valence-electron chi connectivity index (χ4n) is 1.08. The maximum absolute atomic E-state index is 11.3. The molecule has 0 aromatic carbocycles. The van der Waals surface area contributed by atoms with E-state index in [4.69, 9.17) is 4.52 Å². The maximum atomic E-state index is 11.3. The third kappa shape index (κ3) is 1.86. The van der Waals surface area contributed by atoms with Crippen LogP contribution < -0.4 is 10.6 Å². The van der Waals surface area contributed by atoms with E-state index < -0.39 is 0 Å². The van der Waals surface area contributed by atoms with Gasteiger partial charge in [-0.15, -0.1) is 0 Å². The summed E-state index contributed by atoms with van der Waals surface area (Å²) in [6.07, 6.45) is 2.14. The fourth-order valence-corrected chi connectivity index (χ4v) is 1.08. The predicted molar refractivity (Wildman–Crippen MR) is 51.2 cm³/mol. The summed E-state index contributed by atoms with van der Waals surface area (Å²) in [6, 6.07) is 0.131. The van der Waals surface area contributed by atoms with E-state index in [2.05, 4.69) is 15.8 Å². The number of hydrogen-bond acceptors (Lipinski definition) is 3. The Hall–Kier alpha value is -1.52. The molecule has 5 nitrogen and oxygen atoms in total. The molecule has 0 atom stereocenters. The van der Waals surface area contributed by atoms with Gasteiger partial charge in [-0.1, -0.05) is 5.16 Å². The first-order chi connectivity index (χ1) is 6.66. The number of aryl methyl sites for hydroxylation is 1. The summed E-state index contributed by atoms with van der Waals surface area (Å²) < 4.78 is 4.95. The molecule has 5 heteroatoms. The minimum absolute atomic E-state index is 0.216. The highest BCUT2D eigenvalue weighted by atomic mass is 16.5. The van der Waals surface area contributed by atoms with Gasteiger partial charge in [-0.3, -0.25) is 5.32 Å². The lowest BCUT2D eigenvalue weighted by Crippen LogP contribution is -2.30. The van der Waals surface area contributed by atoms with E-state index in [0.717, 1.165) is 24.1 Å². The van der Waals surface area contributed by atoms with Crippen molar-refractivity contribution in [2.75, 3.05) is 5.32 Å². The van der Waals surface area contributed by atoms with Crippen LogP contribution in [-0.2, 0) is 0 Å². The molecule has 1 aliphatic carbocycles. The first-order valence-corrected chi connectivity index (χ1v) is 4.67. The maximum Gasteiger partial charge on any atom is 0.321 e. The molecule has 0 spiro atoms. The number of carbonyl (C=O) groups is 1. The molecule has 2 amide bonds. The minimum Gasteiger partial charge on any atom is -0.338 e. The number of anilines is 1. The van der Waals surface area contributed by atoms with Crippen LogP contribution in [0.2, 0.25) is 0 Å². The molecule has 76 valence electrons. The van der Waals surface area contributed by atoms with Gasteiger partial charge in [0.1, 0.15) is 0 Å². The van der Waals surface area contributed by atoms with Crippen LogP contribution in [-0.4, -0.2) is 17.2 Å². The van der Waals surface area contributed by atoms with Gasteiger partial charge in [-0.05, 0) is 26.7 Å². The number of aromatic nitrogens is 1. The second-order valence-electron chi connectivity index (χ2n) is 3.59. The van der Waals surface area contributed by atoms with Crippen molar-refractivity contribution >= 4 is 11.9 Å². The fraction of sp³-hybridized carbons (Fsp3) is 0.556. The zero-order chi connectivity index (χ0) is 10.1. The molecule has 2 rings (SSSR count). The number of nitrogens with one attached hydrogen (secondary N) is 2. The molecule has 1 aromatic heterocycles. The Bertz CT molecular complexity index is 355. The van der Waals surface area contributed by atoms with Gasteiger partial charge in [0.05, 0.1) is 5.69 Å². The second kappa shape index (κ2) is 3.32. The summed E-state index contributed by atoms with van der Waals surface area (Å²) in [5.41, 5.74) is 1.67. The van der Waals surface area contributed by atoms with Crippen LogP contribution in [0.1, 0.15) is 24.1 Å². The van der Waals surface area contributed by atoms with Gasteiger partial charge in [0, 0.05) is 11.6 Å². The topological polar surface area (TPSA) is 67.2 Å². The van der Waals surface area contributed by atoms with Gasteiger partial charge in [-0.2, -0.15) is 0 Å². The summed E-state index contributed by atoms with van der Waals surface area (Å²) in [6.45, 7) is 3.70. The third-order valence-corrected chi connectivity index (χ3v) is 2.30. The number of carbonyl (C=O) groups excluding carboxylic acids is 1. The number of amides is 2. The van der Waals surface area contributed by atoms with Gasteiger partial charge in [0.15, 0.2) is 0 Å². The molecule has 1 aliphatic rings. The molecule has 0 radical (unpaired) electrons. The Morgan fingerprint density at radius 2 is 2.21 bits per heavy atom. The highest BCUT2D eigenvalue weighted by Crippen LogP contribution is 2.20. The van der Waals surface area contributed by atoms with E-state index in [1.165, 1.54) is 0 Å². The van der Waals surface area contributed by atoms with E-state index in [1.807, 2.05) is 13.8 Å². The predicted octanol–water partition coefficient (Wildman–Crippen LogP) is 1.58. The first kappa shape index (κ1) is 9.05. The van der Waals surface area contributed by atoms with Crippen molar-refractivity contribution in [2.24, 2.45) is 0 Å². The second-order valence-corrected chi connectivity index (χ2v) is 3.59. The van der Waals surface area contributed by atoms with Crippen molar-refractivity contribution < 1.29 is 9.32 Å². The average Bonchev–Trinajstić information content (AvgIpc) is 2.89. The average molecular weight is 195 g/mol. The highest BCUT2D eigenvalue weighted by Gasteiger charge is 2.24. The SMILES string of the molecule is Cc1noc(NC(=O)NC2CC2)c1C. The van der Waals surface area contributed by atoms with E-state index in [0.29, 0.717) is 11.9 Å². The van der Waals surface area contributed by atoms with Gasteiger partial charge in [0.2, 0.25) is 5.88 Å². The lowest BCUT2D eigenvalue weighted by atomic mass is 10.3. The number of rotatable bonds is 2. The van der Waals surface area contributed by atoms with Crippen molar-refractivity contribution in [3.8, 4) is 0 Å². The van der Waals surface area contributed by atoms with Crippen LogP contribution in [0.3, 0.4) is 0 Å². The molecule has 1 heterocycles. The highest BCUT2D eigenvalue weighted by molar-refractivity contribution is 5.88. The molecule has 14 heavy (non-hydrogen) atoms. The largest absolute Gasteiger partial charge is 0.338 e. The Kier molecular flexibility index (Phi) is 2.15. The van der Waals surface area contributed by atoms with Crippen LogP contribution in [0, 0.1) is 13.8 Å². The number of nitrogens with zero attached hydrogens (tertiary/aromatic N) is 1. The minimum atomic E-state index is -0.216. The van der Waals surface area contributed by atoms with Crippen LogP contribution in [0.25, 0.3) is 0 Å². The van der Waals surface area contributed by atoms with Gasteiger partial charge in [-0.25, -0.2) is 4.79 Å². The zero-order valence-electron chi connectivity index (χ0n) is 8.26. The number of urea groups is 1. The monoisotopic (exact) mass is 195 g/mol. The first-order valence-electron chi connectivity index (χ1n) is 4.67. The Morgan fingerprint density at radius 1 is 1.50 bits per heavy atom. The molecule has 0 unspecified atom stereocenters. The summed E-state index contributed by atoms with van der Waals surface area (Å²) in [7, 11) is 0. The van der Waals surface area contributed by atoms with Gasteiger partial charge < -0.3 is 9.84 Å². The van der Waals surface area contributed by atoms with Gasteiger partial charge >= 0.3 is 6.03 Å². The van der Waals surface area contributed by atoms with E-state index in [1.54, 1.807) is 0 Å².